The van der Waals surface area contributed by atoms with Crippen molar-refractivity contribution in [2.24, 2.45) is 0 Å². The fraction of sp³-hybridized carbons (Fsp3) is 0.500. The van der Waals surface area contributed by atoms with Gasteiger partial charge >= 0.3 is 0 Å². The number of benzene rings is 1. The molecule has 1 N–H and O–H groups in total. The van der Waals surface area contributed by atoms with Crippen LogP contribution >= 0.6 is 0 Å². The number of aromatic nitrogens is 3. The van der Waals surface area contributed by atoms with Gasteiger partial charge < -0.3 is 9.84 Å². The zero-order chi connectivity index (χ0) is 11.7. The monoisotopic (exact) mass is 233 g/mol. The highest BCUT2D eigenvalue weighted by Crippen LogP contribution is 2.28. The maximum atomic E-state index is 9.15. The number of para-hydroxylation sites is 1. The Bertz CT molecular complexity index is 511. The predicted molar refractivity (Wildman–Crippen MR) is 62.4 cm³/mol. The molecule has 0 spiro atoms. The quantitative estimate of drug-likeness (QED) is 0.853. The van der Waals surface area contributed by atoms with Crippen LogP contribution in [-0.4, -0.2) is 32.8 Å². The van der Waals surface area contributed by atoms with Crippen molar-refractivity contribution in [3.63, 3.8) is 0 Å². The first-order valence-electron chi connectivity index (χ1n) is 5.95. The zero-order valence-electron chi connectivity index (χ0n) is 9.49. The number of fused-ring (bicyclic) bond motifs is 1. The Kier molecular flexibility index (Phi) is 2.78. The van der Waals surface area contributed by atoms with Crippen molar-refractivity contribution >= 4 is 11.0 Å². The molecule has 1 aliphatic rings. The first-order valence-corrected chi connectivity index (χ1v) is 5.95. The molecule has 3 rings (SSSR count). The number of hydrogen-bond acceptors (Lipinski definition) is 4. The number of aliphatic hydroxyl groups is 1. The number of hydrogen-bond donors (Lipinski definition) is 1. The van der Waals surface area contributed by atoms with Crippen molar-refractivity contribution < 1.29 is 9.84 Å². The van der Waals surface area contributed by atoms with Crippen LogP contribution in [-0.2, 0) is 4.74 Å². The van der Waals surface area contributed by atoms with Crippen LogP contribution in [0.4, 0.5) is 0 Å². The Morgan fingerprint density at radius 1 is 1.35 bits per heavy atom. The molecule has 1 aromatic heterocycles. The standard InChI is InChI=1S/C12H15N3O2/c16-8-9-4-3-7-12(17-9)15-11-6-2-1-5-10(11)13-14-15/h1-2,5-6,9,12,16H,3-4,7-8H2/t9-,12-/m0/s1. The maximum absolute atomic E-state index is 9.15. The third kappa shape index (κ3) is 1.92. The smallest absolute Gasteiger partial charge is 0.153 e. The molecule has 0 amide bonds. The zero-order valence-corrected chi connectivity index (χ0v) is 9.49. The molecule has 1 saturated heterocycles. The minimum Gasteiger partial charge on any atom is -0.394 e. The van der Waals surface area contributed by atoms with E-state index >= 15 is 0 Å². The van der Waals surface area contributed by atoms with E-state index < -0.39 is 0 Å². The van der Waals surface area contributed by atoms with Crippen LogP contribution < -0.4 is 0 Å². The maximum Gasteiger partial charge on any atom is 0.153 e. The van der Waals surface area contributed by atoms with Gasteiger partial charge in [-0.25, -0.2) is 4.68 Å². The molecule has 2 atom stereocenters. The van der Waals surface area contributed by atoms with Crippen molar-refractivity contribution in [3.8, 4) is 0 Å². The lowest BCUT2D eigenvalue weighted by Crippen LogP contribution is -2.29. The molecular weight excluding hydrogens is 218 g/mol. The van der Waals surface area contributed by atoms with Gasteiger partial charge in [0.05, 0.1) is 18.2 Å². The van der Waals surface area contributed by atoms with Crippen molar-refractivity contribution in [1.82, 2.24) is 15.0 Å². The fourth-order valence-corrected chi connectivity index (χ4v) is 2.29. The van der Waals surface area contributed by atoms with Gasteiger partial charge in [0.15, 0.2) is 6.23 Å². The molecular formula is C12H15N3O2. The Hall–Kier alpha value is -1.46. The minimum atomic E-state index is -0.103. The Balaban J connectivity index is 1.92. The molecule has 0 radical (unpaired) electrons. The largest absolute Gasteiger partial charge is 0.394 e. The summed E-state index contributed by atoms with van der Waals surface area (Å²) in [5, 5.41) is 17.4. The molecule has 17 heavy (non-hydrogen) atoms. The molecule has 0 bridgehead atoms. The van der Waals surface area contributed by atoms with Crippen molar-refractivity contribution in [2.45, 2.75) is 31.6 Å². The molecule has 1 fully saturated rings. The molecule has 2 heterocycles. The predicted octanol–water partition coefficient (Wildman–Crippen LogP) is 1.49. The van der Waals surface area contributed by atoms with Crippen LogP contribution in [0.5, 0.6) is 0 Å². The van der Waals surface area contributed by atoms with E-state index in [1.807, 2.05) is 28.9 Å². The minimum absolute atomic E-state index is 0.0725. The summed E-state index contributed by atoms with van der Waals surface area (Å²) in [7, 11) is 0. The van der Waals surface area contributed by atoms with Crippen LogP contribution in [0.1, 0.15) is 25.5 Å². The highest BCUT2D eigenvalue weighted by molar-refractivity contribution is 5.73. The second kappa shape index (κ2) is 4.43. The van der Waals surface area contributed by atoms with E-state index in [-0.39, 0.29) is 18.9 Å². The SMILES string of the molecule is OC[C@@H]1CCC[C@@H](n2nnc3ccccc32)O1. The third-order valence-electron chi connectivity index (χ3n) is 3.18. The number of aliphatic hydroxyl groups excluding tert-OH is 1. The van der Waals surface area contributed by atoms with Gasteiger partial charge in [-0.15, -0.1) is 5.10 Å². The van der Waals surface area contributed by atoms with Crippen LogP contribution in [0.25, 0.3) is 11.0 Å². The second-order valence-electron chi connectivity index (χ2n) is 4.35. The third-order valence-corrected chi connectivity index (χ3v) is 3.18. The van der Waals surface area contributed by atoms with Gasteiger partial charge in [-0.2, -0.15) is 0 Å². The number of ether oxygens (including phenoxy) is 1. The van der Waals surface area contributed by atoms with E-state index in [2.05, 4.69) is 10.3 Å². The first-order chi connectivity index (χ1) is 8.38. The van der Waals surface area contributed by atoms with Gasteiger partial charge in [-0.1, -0.05) is 17.3 Å². The number of rotatable bonds is 2. The highest BCUT2D eigenvalue weighted by Gasteiger charge is 2.24. The van der Waals surface area contributed by atoms with Gasteiger partial charge in [0.25, 0.3) is 0 Å². The molecule has 0 unspecified atom stereocenters. The molecule has 90 valence electrons. The molecule has 5 heteroatoms. The highest BCUT2D eigenvalue weighted by atomic mass is 16.5. The second-order valence-corrected chi connectivity index (χ2v) is 4.35. The van der Waals surface area contributed by atoms with Crippen molar-refractivity contribution in [1.29, 1.82) is 0 Å². The molecule has 5 nitrogen and oxygen atoms in total. The lowest BCUT2D eigenvalue weighted by molar-refractivity contribution is -0.110. The molecule has 0 aliphatic carbocycles. The van der Waals surface area contributed by atoms with Crippen LogP contribution in [0.15, 0.2) is 24.3 Å². The van der Waals surface area contributed by atoms with E-state index in [1.165, 1.54) is 0 Å². The van der Waals surface area contributed by atoms with Crippen LogP contribution in [0.2, 0.25) is 0 Å². The van der Waals surface area contributed by atoms with Gasteiger partial charge in [-0.05, 0) is 31.4 Å². The van der Waals surface area contributed by atoms with Crippen molar-refractivity contribution in [3.05, 3.63) is 24.3 Å². The summed E-state index contributed by atoms with van der Waals surface area (Å²) >= 11 is 0. The summed E-state index contributed by atoms with van der Waals surface area (Å²) in [6.45, 7) is 0.0725. The lowest BCUT2D eigenvalue weighted by Gasteiger charge is -2.28. The van der Waals surface area contributed by atoms with E-state index in [4.69, 9.17) is 9.84 Å². The van der Waals surface area contributed by atoms with E-state index in [9.17, 15) is 0 Å². The average molecular weight is 233 g/mol. The summed E-state index contributed by atoms with van der Waals surface area (Å²) < 4.78 is 7.62. The Morgan fingerprint density at radius 2 is 2.24 bits per heavy atom. The Labute approximate surface area is 99.0 Å². The van der Waals surface area contributed by atoms with E-state index in [0.717, 1.165) is 30.3 Å². The fourth-order valence-electron chi connectivity index (χ4n) is 2.29. The Morgan fingerprint density at radius 3 is 3.12 bits per heavy atom. The van der Waals surface area contributed by atoms with Gasteiger partial charge in [0.1, 0.15) is 5.52 Å². The summed E-state index contributed by atoms with van der Waals surface area (Å²) in [5.41, 5.74) is 1.86. The molecule has 2 aromatic rings. The van der Waals surface area contributed by atoms with Crippen LogP contribution in [0, 0.1) is 0 Å². The lowest BCUT2D eigenvalue weighted by atomic mass is 10.1. The van der Waals surface area contributed by atoms with Crippen molar-refractivity contribution in [2.75, 3.05) is 6.61 Å². The summed E-state index contributed by atoms with van der Waals surface area (Å²) in [6, 6.07) is 7.83. The topological polar surface area (TPSA) is 60.2 Å². The average Bonchev–Trinajstić information content (AvgIpc) is 2.82. The van der Waals surface area contributed by atoms with Gasteiger partial charge in [0.2, 0.25) is 0 Å². The summed E-state index contributed by atoms with van der Waals surface area (Å²) in [5.74, 6) is 0. The summed E-state index contributed by atoms with van der Waals surface area (Å²) in [4.78, 5) is 0. The van der Waals surface area contributed by atoms with E-state index in [0.29, 0.717) is 0 Å². The number of nitrogens with zero attached hydrogens (tertiary/aromatic N) is 3. The summed E-state index contributed by atoms with van der Waals surface area (Å²) in [6.07, 6.45) is 2.71. The van der Waals surface area contributed by atoms with Gasteiger partial charge in [0, 0.05) is 0 Å². The normalized spacial score (nSPS) is 25.2. The van der Waals surface area contributed by atoms with Gasteiger partial charge in [-0.3, -0.25) is 0 Å². The molecule has 0 saturated carbocycles. The van der Waals surface area contributed by atoms with Crippen LogP contribution in [0.3, 0.4) is 0 Å². The first kappa shape index (κ1) is 10.7. The molecule has 1 aromatic carbocycles. The molecule has 1 aliphatic heterocycles. The van der Waals surface area contributed by atoms with E-state index in [1.54, 1.807) is 0 Å².